The lowest BCUT2D eigenvalue weighted by Gasteiger charge is -2.16. The van der Waals surface area contributed by atoms with Gasteiger partial charge in [-0.25, -0.2) is 4.98 Å². The van der Waals surface area contributed by atoms with Crippen LogP contribution in [0.5, 0.6) is 0 Å². The molecule has 0 radical (unpaired) electrons. The summed E-state index contributed by atoms with van der Waals surface area (Å²) in [5, 5.41) is 7.64. The average Bonchev–Trinajstić information content (AvgIpc) is 3.39. The van der Waals surface area contributed by atoms with E-state index >= 15 is 0 Å². The number of fused-ring (bicyclic) bond motifs is 1. The van der Waals surface area contributed by atoms with Gasteiger partial charge in [0.15, 0.2) is 0 Å². The minimum Gasteiger partial charge on any atom is -0.310 e. The van der Waals surface area contributed by atoms with Crippen LogP contribution in [0.1, 0.15) is 50.4 Å². The Kier molecular flexibility index (Phi) is 5.93. The molecule has 35 heavy (non-hydrogen) atoms. The Hall–Kier alpha value is -3.87. The summed E-state index contributed by atoms with van der Waals surface area (Å²) in [6, 6.07) is 9.69. The summed E-state index contributed by atoms with van der Waals surface area (Å²) < 4.78 is 2.11. The van der Waals surface area contributed by atoms with Crippen LogP contribution in [-0.4, -0.2) is 30.6 Å². The number of aromatic nitrogens is 5. The van der Waals surface area contributed by atoms with Crippen LogP contribution in [0, 0.1) is 5.41 Å². The van der Waals surface area contributed by atoms with E-state index in [-0.39, 0.29) is 17.2 Å². The molecule has 1 aliphatic rings. The number of nitrogens with one attached hydrogen (secondary N) is 1. The Labute approximate surface area is 205 Å². The maximum Gasteiger partial charge on any atom is 0.232 e. The largest absolute Gasteiger partial charge is 0.310 e. The van der Waals surface area contributed by atoms with Crippen molar-refractivity contribution in [3.63, 3.8) is 0 Å². The lowest BCUT2D eigenvalue weighted by atomic mass is 9.89. The van der Waals surface area contributed by atoms with E-state index in [1.165, 1.54) is 5.69 Å². The molecule has 0 saturated carbocycles. The number of carbonyl (C=O) groups excluding carboxylic acids is 1. The lowest BCUT2D eigenvalue weighted by Crippen LogP contribution is -2.20. The Morgan fingerprint density at radius 2 is 1.97 bits per heavy atom. The third-order valence-electron chi connectivity index (χ3n) is 6.72. The van der Waals surface area contributed by atoms with Gasteiger partial charge in [0.2, 0.25) is 5.91 Å². The molecule has 0 saturated heterocycles. The Balaban J connectivity index is 1.36. The Morgan fingerprint density at radius 1 is 1.11 bits per heavy atom. The zero-order valence-corrected chi connectivity index (χ0v) is 20.6. The Morgan fingerprint density at radius 3 is 2.69 bits per heavy atom. The number of amides is 1. The zero-order valence-electron chi connectivity index (χ0n) is 20.6. The summed E-state index contributed by atoms with van der Waals surface area (Å²) in [5.41, 5.74) is 7.43. The van der Waals surface area contributed by atoms with Gasteiger partial charge in [0.1, 0.15) is 5.82 Å². The van der Waals surface area contributed by atoms with Crippen LogP contribution < -0.4 is 5.32 Å². The first-order chi connectivity index (χ1) is 16.8. The van der Waals surface area contributed by atoms with Crippen LogP contribution in [-0.2, 0) is 24.2 Å². The van der Waals surface area contributed by atoms with Gasteiger partial charge in [-0.2, -0.15) is 5.10 Å². The molecule has 1 aliphatic heterocycles. The van der Waals surface area contributed by atoms with E-state index in [2.05, 4.69) is 50.8 Å². The first-order valence-electron chi connectivity index (χ1n) is 12.1. The molecular weight excluding hydrogens is 436 g/mol. The third kappa shape index (κ3) is 4.58. The van der Waals surface area contributed by atoms with Gasteiger partial charge in [-0.3, -0.25) is 19.4 Å². The minimum absolute atomic E-state index is 0.120. The summed E-state index contributed by atoms with van der Waals surface area (Å²) in [7, 11) is 0. The molecule has 0 fully saturated rings. The van der Waals surface area contributed by atoms with Crippen LogP contribution in [0.25, 0.3) is 22.4 Å². The normalized spacial score (nSPS) is 15.0. The predicted octanol–water partition coefficient (Wildman–Crippen LogP) is 5.29. The van der Waals surface area contributed by atoms with E-state index in [1.54, 1.807) is 18.6 Å². The van der Waals surface area contributed by atoms with Crippen molar-refractivity contribution in [2.75, 3.05) is 5.32 Å². The van der Waals surface area contributed by atoms with Crippen molar-refractivity contribution in [3.8, 4) is 22.4 Å². The molecule has 4 aromatic rings. The number of hydrogen-bond donors (Lipinski definition) is 1. The van der Waals surface area contributed by atoms with Crippen LogP contribution in [0.4, 0.5) is 5.82 Å². The molecule has 5 rings (SSSR count). The highest BCUT2D eigenvalue weighted by Gasteiger charge is 2.32. The molecule has 0 aromatic carbocycles. The zero-order chi connectivity index (χ0) is 24.6. The number of anilines is 1. The molecule has 7 heteroatoms. The molecule has 178 valence electrons. The molecule has 4 aromatic heterocycles. The van der Waals surface area contributed by atoms with Crippen LogP contribution in [0.15, 0.2) is 61.3 Å². The molecule has 0 spiro atoms. The highest BCUT2D eigenvalue weighted by Crippen LogP contribution is 2.38. The highest BCUT2D eigenvalue weighted by atomic mass is 16.1. The van der Waals surface area contributed by atoms with Crippen molar-refractivity contribution in [1.29, 1.82) is 0 Å². The van der Waals surface area contributed by atoms with Gasteiger partial charge in [-0.1, -0.05) is 26.8 Å². The smallest absolute Gasteiger partial charge is 0.232 e. The number of aryl methyl sites for hydroxylation is 1. The van der Waals surface area contributed by atoms with Crippen LogP contribution >= 0.6 is 0 Å². The fraction of sp³-hybridized carbons (Fsp3) is 0.321. The van der Waals surface area contributed by atoms with Gasteiger partial charge in [0.05, 0.1) is 17.8 Å². The lowest BCUT2D eigenvalue weighted by molar-refractivity contribution is -0.117. The summed E-state index contributed by atoms with van der Waals surface area (Å²) in [5.74, 6) is 0.0546. The van der Waals surface area contributed by atoms with Crippen molar-refractivity contribution in [3.05, 3.63) is 78.1 Å². The van der Waals surface area contributed by atoms with Crippen molar-refractivity contribution in [2.45, 2.75) is 53.0 Å². The van der Waals surface area contributed by atoms with Gasteiger partial charge in [-0.05, 0) is 66.1 Å². The fourth-order valence-corrected chi connectivity index (χ4v) is 4.69. The monoisotopic (exact) mass is 466 g/mol. The minimum atomic E-state index is -0.372. The van der Waals surface area contributed by atoms with E-state index in [9.17, 15) is 4.79 Å². The first kappa shape index (κ1) is 22.9. The summed E-state index contributed by atoms with van der Waals surface area (Å²) in [4.78, 5) is 26.3. The van der Waals surface area contributed by atoms with Crippen molar-refractivity contribution >= 4 is 11.7 Å². The van der Waals surface area contributed by atoms with Gasteiger partial charge < -0.3 is 5.32 Å². The van der Waals surface area contributed by atoms with E-state index in [4.69, 9.17) is 0 Å². The SMILES string of the molecule is CCc1cnc(NC(=O)[C@H](C)c2ccc(-c3cccnc3)nc2)cc1-c1cnn2c1CC(C)(C)C2. The summed E-state index contributed by atoms with van der Waals surface area (Å²) in [6.07, 6.45) is 10.9. The molecule has 5 heterocycles. The number of pyridine rings is 3. The van der Waals surface area contributed by atoms with Crippen molar-refractivity contribution in [2.24, 2.45) is 5.41 Å². The molecular formula is C28H30N6O. The highest BCUT2D eigenvalue weighted by molar-refractivity contribution is 5.95. The number of nitrogens with zero attached hydrogens (tertiary/aromatic N) is 5. The second kappa shape index (κ2) is 9.06. The van der Waals surface area contributed by atoms with Gasteiger partial charge in [-0.15, -0.1) is 0 Å². The van der Waals surface area contributed by atoms with E-state index < -0.39 is 0 Å². The maximum atomic E-state index is 13.1. The Bertz CT molecular complexity index is 1360. The van der Waals surface area contributed by atoms with E-state index in [1.807, 2.05) is 49.6 Å². The topological polar surface area (TPSA) is 85.6 Å². The van der Waals surface area contributed by atoms with Gasteiger partial charge in [0.25, 0.3) is 0 Å². The van der Waals surface area contributed by atoms with E-state index in [0.717, 1.165) is 52.9 Å². The number of rotatable bonds is 6. The second-order valence-electron chi connectivity index (χ2n) is 10.0. The quantitative estimate of drug-likeness (QED) is 0.417. The molecule has 1 N–H and O–H groups in total. The fourth-order valence-electron chi connectivity index (χ4n) is 4.69. The first-order valence-corrected chi connectivity index (χ1v) is 12.1. The van der Waals surface area contributed by atoms with Crippen molar-refractivity contribution in [1.82, 2.24) is 24.7 Å². The average molecular weight is 467 g/mol. The molecule has 0 aliphatic carbocycles. The molecule has 1 amide bonds. The molecule has 0 unspecified atom stereocenters. The van der Waals surface area contributed by atoms with Crippen LogP contribution in [0.2, 0.25) is 0 Å². The van der Waals surface area contributed by atoms with Gasteiger partial charge >= 0.3 is 0 Å². The number of hydrogen-bond acceptors (Lipinski definition) is 5. The standard InChI is InChI=1S/C28H30N6O/c1-5-19-14-31-26(11-22(19)23-16-32-34-17-28(3,4)12-25(23)34)33-27(35)18(2)20-8-9-24(30-15-20)21-7-6-10-29-13-21/h6-11,13-16,18H,5,12,17H2,1-4H3,(H,31,33,35)/t18-/m1/s1. The summed E-state index contributed by atoms with van der Waals surface area (Å²) >= 11 is 0. The van der Waals surface area contributed by atoms with Crippen molar-refractivity contribution < 1.29 is 4.79 Å². The molecule has 7 nitrogen and oxygen atoms in total. The maximum absolute atomic E-state index is 13.1. The second-order valence-corrected chi connectivity index (χ2v) is 10.0. The third-order valence-corrected chi connectivity index (χ3v) is 6.72. The molecule has 1 atom stereocenters. The number of carbonyl (C=O) groups is 1. The predicted molar refractivity (Wildman–Crippen MR) is 137 cm³/mol. The van der Waals surface area contributed by atoms with E-state index in [0.29, 0.717) is 5.82 Å². The van der Waals surface area contributed by atoms with Crippen LogP contribution in [0.3, 0.4) is 0 Å². The van der Waals surface area contributed by atoms with Gasteiger partial charge in [0, 0.05) is 48.2 Å². The molecule has 0 bridgehead atoms. The summed E-state index contributed by atoms with van der Waals surface area (Å²) in [6.45, 7) is 9.46.